The fourth-order valence-corrected chi connectivity index (χ4v) is 1.21. The van der Waals surface area contributed by atoms with Gasteiger partial charge in [-0.2, -0.15) is 0 Å². The van der Waals surface area contributed by atoms with Crippen LogP contribution in [0.4, 0.5) is 11.4 Å². The van der Waals surface area contributed by atoms with Gasteiger partial charge in [-0.3, -0.25) is 14.9 Å². The predicted molar refractivity (Wildman–Crippen MR) is 58.7 cm³/mol. The normalized spacial score (nSPS) is 11.9. The predicted octanol–water partition coefficient (Wildman–Crippen LogP) is 1.20. The van der Waals surface area contributed by atoms with Gasteiger partial charge in [0.15, 0.2) is 0 Å². The van der Waals surface area contributed by atoms with Crippen LogP contribution in [-0.2, 0) is 0 Å². The quantitative estimate of drug-likeness (QED) is 0.445. The molecule has 6 heteroatoms. The Kier molecular flexibility index (Phi) is 3.96. The van der Waals surface area contributed by atoms with Gasteiger partial charge in [0.2, 0.25) is 0 Å². The van der Waals surface area contributed by atoms with Gasteiger partial charge in [0, 0.05) is 17.7 Å². The van der Waals surface area contributed by atoms with Gasteiger partial charge in [-0.05, 0) is 19.1 Å². The van der Waals surface area contributed by atoms with Gasteiger partial charge in [-0.25, -0.2) is 0 Å². The summed E-state index contributed by atoms with van der Waals surface area (Å²) in [4.78, 5) is 20.7. The molecular weight excluding hydrogens is 212 g/mol. The van der Waals surface area contributed by atoms with Crippen molar-refractivity contribution in [2.75, 3.05) is 11.9 Å². The number of nitro groups is 1. The number of nitrogens with one attached hydrogen (secondary N) is 1. The number of nitro benzene ring substituents is 1. The Labute approximate surface area is 92.0 Å². The van der Waals surface area contributed by atoms with Crippen LogP contribution in [0.1, 0.15) is 17.3 Å². The van der Waals surface area contributed by atoms with Crippen LogP contribution in [0.15, 0.2) is 18.2 Å². The highest BCUT2D eigenvalue weighted by Crippen LogP contribution is 2.25. The van der Waals surface area contributed by atoms with Crippen LogP contribution in [0.2, 0.25) is 0 Å². The maximum Gasteiger partial charge on any atom is 0.293 e. The van der Waals surface area contributed by atoms with Crippen LogP contribution in [0, 0.1) is 10.1 Å². The highest BCUT2D eigenvalue weighted by molar-refractivity contribution is 5.79. The summed E-state index contributed by atoms with van der Waals surface area (Å²) in [5, 5.41) is 22.4. The minimum Gasteiger partial charge on any atom is -0.394 e. The van der Waals surface area contributed by atoms with E-state index in [4.69, 9.17) is 5.11 Å². The second kappa shape index (κ2) is 5.22. The van der Waals surface area contributed by atoms with Gasteiger partial charge in [0.05, 0.1) is 11.5 Å². The lowest BCUT2D eigenvalue weighted by molar-refractivity contribution is -0.384. The number of rotatable bonds is 5. The summed E-state index contributed by atoms with van der Waals surface area (Å²) in [5.74, 6) is 0. The molecule has 1 rings (SSSR count). The molecule has 0 aliphatic carbocycles. The van der Waals surface area contributed by atoms with Crippen molar-refractivity contribution in [1.29, 1.82) is 0 Å². The first-order chi connectivity index (χ1) is 7.58. The van der Waals surface area contributed by atoms with E-state index in [9.17, 15) is 14.9 Å². The largest absolute Gasteiger partial charge is 0.394 e. The number of aldehydes is 1. The van der Waals surface area contributed by atoms with Crippen LogP contribution in [0.5, 0.6) is 0 Å². The van der Waals surface area contributed by atoms with E-state index in [1.54, 1.807) is 6.92 Å². The molecule has 0 aliphatic heterocycles. The lowest BCUT2D eigenvalue weighted by atomic mass is 10.1. The molecule has 0 fully saturated rings. The molecule has 1 atom stereocenters. The third-order valence-electron chi connectivity index (χ3n) is 2.03. The number of anilines is 1. The van der Waals surface area contributed by atoms with E-state index in [0.29, 0.717) is 6.29 Å². The zero-order valence-corrected chi connectivity index (χ0v) is 8.71. The van der Waals surface area contributed by atoms with Gasteiger partial charge in [-0.1, -0.05) is 0 Å². The third kappa shape index (κ3) is 2.77. The topological polar surface area (TPSA) is 92.5 Å². The molecule has 0 bridgehead atoms. The zero-order chi connectivity index (χ0) is 12.1. The second-order valence-corrected chi connectivity index (χ2v) is 3.38. The smallest absolute Gasteiger partial charge is 0.293 e. The average molecular weight is 224 g/mol. The Bertz CT molecular complexity index is 406. The molecule has 1 aromatic carbocycles. The first-order valence-electron chi connectivity index (χ1n) is 4.69. The van der Waals surface area contributed by atoms with Crippen molar-refractivity contribution in [2.24, 2.45) is 0 Å². The highest BCUT2D eigenvalue weighted by Gasteiger charge is 2.15. The Balaban J connectivity index is 3.07. The third-order valence-corrected chi connectivity index (χ3v) is 2.03. The van der Waals surface area contributed by atoms with Crippen LogP contribution in [0.3, 0.4) is 0 Å². The monoisotopic (exact) mass is 224 g/mol. The van der Waals surface area contributed by atoms with Crippen LogP contribution >= 0.6 is 0 Å². The Morgan fingerprint density at radius 2 is 2.31 bits per heavy atom. The zero-order valence-electron chi connectivity index (χ0n) is 8.71. The number of aliphatic hydroxyl groups excluding tert-OH is 1. The fourth-order valence-electron chi connectivity index (χ4n) is 1.21. The highest BCUT2D eigenvalue weighted by atomic mass is 16.6. The molecule has 2 N–H and O–H groups in total. The maximum atomic E-state index is 10.7. The van der Waals surface area contributed by atoms with E-state index in [2.05, 4.69) is 5.32 Å². The van der Waals surface area contributed by atoms with Crippen molar-refractivity contribution >= 4 is 17.7 Å². The van der Waals surface area contributed by atoms with E-state index in [0.717, 1.165) is 0 Å². The molecule has 0 saturated carbocycles. The first-order valence-corrected chi connectivity index (χ1v) is 4.69. The molecule has 0 radical (unpaired) electrons. The van der Waals surface area contributed by atoms with E-state index in [1.165, 1.54) is 18.2 Å². The average Bonchev–Trinajstić information content (AvgIpc) is 2.29. The minimum absolute atomic E-state index is 0.132. The minimum atomic E-state index is -0.570. The van der Waals surface area contributed by atoms with Gasteiger partial charge < -0.3 is 10.4 Å². The summed E-state index contributed by atoms with van der Waals surface area (Å²) in [5.41, 5.74) is 0.357. The molecule has 0 aromatic heterocycles. The summed E-state index contributed by atoms with van der Waals surface area (Å²) in [7, 11) is 0. The number of hydrogen-bond donors (Lipinski definition) is 2. The van der Waals surface area contributed by atoms with Crippen LogP contribution in [0.25, 0.3) is 0 Å². The number of carbonyl (C=O) groups is 1. The summed E-state index contributed by atoms with van der Waals surface area (Å²) in [6.07, 6.45) is 0.548. The Hall–Kier alpha value is -1.95. The summed E-state index contributed by atoms with van der Waals surface area (Å²) < 4.78 is 0. The number of carbonyl (C=O) groups excluding carboxylic acids is 1. The van der Waals surface area contributed by atoms with Gasteiger partial charge in [-0.15, -0.1) is 0 Å². The molecule has 0 spiro atoms. The molecule has 0 amide bonds. The number of benzene rings is 1. The number of nitrogens with zero attached hydrogens (tertiary/aromatic N) is 1. The standard InChI is InChI=1S/C10H12N2O4/c1-7(5-13)11-9-3-2-8(6-14)4-10(9)12(15)16/h2-4,6-7,11,13H,5H2,1H3. The van der Waals surface area contributed by atoms with Crippen molar-refractivity contribution in [3.63, 3.8) is 0 Å². The second-order valence-electron chi connectivity index (χ2n) is 3.38. The lowest BCUT2D eigenvalue weighted by Crippen LogP contribution is -2.20. The van der Waals surface area contributed by atoms with Gasteiger partial charge >= 0.3 is 0 Å². The van der Waals surface area contributed by atoms with Crippen molar-refractivity contribution in [3.8, 4) is 0 Å². The summed E-state index contributed by atoms with van der Waals surface area (Å²) in [6.45, 7) is 1.56. The van der Waals surface area contributed by atoms with Gasteiger partial charge in [0.25, 0.3) is 5.69 Å². The fraction of sp³-hybridized carbons (Fsp3) is 0.300. The molecule has 0 heterocycles. The summed E-state index contributed by atoms with van der Waals surface area (Å²) in [6, 6.07) is 3.83. The van der Waals surface area contributed by atoms with Crippen LogP contribution < -0.4 is 5.32 Å². The lowest BCUT2D eigenvalue weighted by Gasteiger charge is -2.12. The molecule has 1 unspecified atom stereocenters. The Morgan fingerprint density at radius 3 is 2.81 bits per heavy atom. The molecule has 0 saturated heterocycles. The maximum absolute atomic E-state index is 10.7. The molecule has 86 valence electrons. The molecule has 0 aliphatic rings. The van der Waals surface area contributed by atoms with E-state index in [-0.39, 0.29) is 29.6 Å². The Morgan fingerprint density at radius 1 is 1.62 bits per heavy atom. The molecule has 6 nitrogen and oxygen atoms in total. The van der Waals surface area contributed by atoms with E-state index >= 15 is 0 Å². The molecule has 1 aromatic rings. The molecular formula is C10H12N2O4. The number of hydrogen-bond acceptors (Lipinski definition) is 5. The molecule has 16 heavy (non-hydrogen) atoms. The van der Waals surface area contributed by atoms with E-state index in [1.807, 2.05) is 0 Å². The summed E-state index contributed by atoms with van der Waals surface area (Å²) >= 11 is 0. The van der Waals surface area contributed by atoms with Crippen molar-refractivity contribution in [1.82, 2.24) is 0 Å². The SMILES string of the molecule is CC(CO)Nc1ccc(C=O)cc1[N+](=O)[O-]. The number of aliphatic hydroxyl groups is 1. The van der Waals surface area contributed by atoms with Crippen molar-refractivity contribution in [3.05, 3.63) is 33.9 Å². The van der Waals surface area contributed by atoms with Crippen molar-refractivity contribution in [2.45, 2.75) is 13.0 Å². The van der Waals surface area contributed by atoms with Gasteiger partial charge in [0.1, 0.15) is 12.0 Å². The van der Waals surface area contributed by atoms with Crippen molar-refractivity contribution < 1.29 is 14.8 Å². The van der Waals surface area contributed by atoms with Crippen LogP contribution in [-0.4, -0.2) is 29.0 Å². The van der Waals surface area contributed by atoms with E-state index < -0.39 is 4.92 Å². The first kappa shape index (κ1) is 12.1.